The summed E-state index contributed by atoms with van der Waals surface area (Å²) in [5.74, 6) is -1.60. The molecule has 0 bridgehead atoms. The van der Waals surface area contributed by atoms with Crippen molar-refractivity contribution >= 4 is 25.9 Å². The van der Waals surface area contributed by atoms with Crippen molar-refractivity contribution < 1.29 is 37.8 Å². The quantitative estimate of drug-likeness (QED) is 0.360. The number of hydrogen-bond acceptors (Lipinski definition) is 10. The highest BCUT2D eigenvalue weighted by molar-refractivity contribution is 7.58. The van der Waals surface area contributed by atoms with Crippen LogP contribution in [0.2, 0.25) is 0 Å². The molecule has 3 atom stereocenters. The molecule has 31 heavy (non-hydrogen) atoms. The average molecular weight is 458 g/mol. The van der Waals surface area contributed by atoms with Crippen LogP contribution in [-0.4, -0.2) is 60.1 Å². The molecule has 2 heterocycles. The number of ether oxygens (including phenoxy) is 2. The molecule has 12 heteroatoms. The molecule has 0 aliphatic carbocycles. The second kappa shape index (κ2) is 10.9. The van der Waals surface area contributed by atoms with Gasteiger partial charge in [-0.2, -0.15) is 9.42 Å². The SMILES string of the molecule is COC(=O)[C@H](C)N[P+]1(O)OCC(C)(C)[C@H](C(=O)NCCC(=O)OCc2ccncc2)O1. The first kappa shape index (κ1) is 25.1. The third-order valence-corrected chi connectivity index (χ3v) is 6.19. The minimum Gasteiger partial charge on any atom is -0.468 e. The van der Waals surface area contributed by atoms with Crippen LogP contribution in [0.1, 0.15) is 32.8 Å². The monoisotopic (exact) mass is 458 g/mol. The van der Waals surface area contributed by atoms with Gasteiger partial charge in [-0.15, -0.1) is 9.61 Å². The van der Waals surface area contributed by atoms with Crippen LogP contribution in [0.15, 0.2) is 24.5 Å². The molecule has 172 valence electrons. The van der Waals surface area contributed by atoms with Crippen LogP contribution < -0.4 is 10.4 Å². The maximum absolute atomic E-state index is 12.7. The Hall–Kier alpha value is -2.17. The molecule has 0 saturated carbocycles. The van der Waals surface area contributed by atoms with Crippen molar-refractivity contribution in [3.63, 3.8) is 0 Å². The van der Waals surface area contributed by atoms with Crippen LogP contribution in [0.25, 0.3) is 0 Å². The predicted octanol–water partition coefficient (Wildman–Crippen LogP) is 0.894. The number of rotatable bonds is 9. The largest absolute Gasteiger partial charge is 0.500 e. The summed E-state index contributed by atoms with van der Waals surface area (Å²) in [7, 11) is -2.47. The van der Waals surface area contributed by atoms with Gasteiger partial charge in [-0.3, -0.25) is 19.4 Å². The van der Waals surface area contributed by atoms with Gasteiger partial charge in [-0.1, -0.05) is 13.8 Å². The van der Waals surface area contributed by atoms with Crippen molar-refractivity contribution in [1.29, 1.82) is 0 Å². The molecule has 0 aromatic carbocycles. The number of methoxy groups -OCH3 is 1. The Morgan fingerprint density at radius 1 is 1.35 bits per heavy atom. The molecular weight excluding hydrogens is 429 g/mol. The van der Waals surface area contributed by atoms with E-state index in [1.165, 1.54) is 14.0 Å². The Morgan fingerprint density at radius 3 is 2.68 bits per heavy atom. The molecule has 3 N–H and O–H groups in total. The summed E-state index contributed by atoms with van der Waals surface area (Å²) in [6.07, 6.45) is 2.11. The normalized spacial score (nSPS) is 23.5. The second-order valence-corrected chi connectivity index (χ2v) is 9.47. The van der Waals surface area contributed by atoms with Gasteiger partial charge in [0.1, 0.15) is 19.3 Å². The van der Waals surface area contributed by atoms with Gasteiger partial charge < -0.3 is 14.8 Å². The van der Waals surface area contributed by atoms with Crippen LogP contribution in [0.3, 0.4) is 0 Å². The Balaban J connectivity index is 1.85. The van der Waals surface area contributed by atoms with Crippen LogP contribution in [0.5, 0.6) is 0 Å². The summed E-state index contributed by atoms with van der Waals surface area (Å²) >= 11 is 0. The van der Waals surface area contributed by atoms with Crippen molar-refractivity contribution in [2.75, 3.05) is 20.3 Å². The number of amides is 1. The van der Waals surface area contributed by atoms with Gasteiger partial charge in [0, 0.05) is 24.4 Å². The maximum Gasteiger partial charge on any atom is 0.500 e. The van der Waals surface area contributed by atoms with Crippen molar-refractivity contribution in [2.45, 2.75) is 45.9 Å². The standard InChI is InChI=1S/C19H28N3O8P/c1-13(18(25)27-4)22-31(26)29-12-19(2,3)16(30-31)17(24)21-10-7-15(23)28-11-14-5-8-20-9-6-14/h5-6,8-9,13,16,22,26H,7,10-12H2,1-4H3/p+1/t13-,16-,31?/m0/s1. The predicted molar refractivity (Wildman–Crippen MR) is 110 cm³/mol. The minimum absolute atomic E-state index is 0.0181. The molecule has 11 nitrogen and oxygen atoms in total. The number of esters is 2. The molecule has 1 saturated heterocycles. The van der Waals surface area contributed by atoms with Gasteiger partial charge in [-0.25, -0.2) is 0 Å². The summed E-state index contributed by atoms with van der Waals surface area (Å²) in [6, 6.07) is 2.57. The molecule has 1 aromatic rings. The fourth-order valence-electron chi connectivity index (χ4n) is 2.69. The van der Waals surface area contributed by atoms with E-state index in [1.807, 2.05) is 0 Å². The molecule has 2 rings (SSSR count). The van der Waals surface area contributed by atoms with E-state index < -0.39 is 43.5 Å². The van der Waals surface area contributed by atoms with E-state index in [4.69, 9.17) is 13.8 Å². The molecule has 1 amide bonds. The lowest BCUT2D eigenvalue weighted by Gasteiger charge is -2.37. The van der Waals surface area contributed by atoms with Gasteiger partial charge >= 0.3 is 20.0 Å². The summed E-state index contributed by atoms with van der Waals surface area (Å²) in [6.45, 7) is 5.13. The molecule has 1 unspecified atom stereocenters. The van der Waals surface area contributed by atoms with Crippen LogP contribution in [0.4, 0.5) is 0 Å². The smallest absolute Gasteiger partial charge is 0.468 e. The first-order chi connectivity index (χ1) is 14.6. The van der Waals surface area contributed by atoms with Crippen molar-refractivity contribution in [2.24, 2.45) is 5.41 Å². The Morgan fingerprint density at radius 2 is 2.03 bits per heavy atom. The molecular formula is C19H29N3O8P+. The molecule has 0 spiro atoms. The summed E-state index contributed by atoms with van der Waals surface area (Å²) < 4.78 is 20.7. The Bertz CT molecular complexity index is 779. The number of carbonyl (C=O) groups excluding carboxylic acids is 3. The topological polar surface area (TPSA) is 145 Å². The number of nitrogens with zero attached hydrogens (tertiary/aromatic N) is 1. The van der Waals surface area contributed by atoms with Gasteiger partial charge in [0.25, 0.3) is 5.91 Å². The lowest BCUT2D eigenvalue weighted by molar-refractivity contribution is -0.145. The van der Waals surface area contributed by atoms with Gasteiger partial charge in [-0.05, 0) is 24.6 Å². The van der Waals surface area contributed by atoms with Gasteiger partial charge in [0.2, 0.25) is 0 Å². The first-order valence-electron chi connectivity index (χ1n) is 9.69. The number of carbonyl (C=O) groups is 3. The molecule has 1 fully saturated rings. The summed E-state index contributed by atoms with van der Waals surface area (Å²) in [5.41, 5.74) is 0.0515. The fraction of sp³-hybridized carbons (Fsp3) is 0.579. The first-order valence-corrected chi connectivity index (χ1v) is 11.3. The lowest BCUT2D eigenvalue weighted by atomic mass is 9.87. The molecule has 1 aliphatic rings. The van der Waals surface area contributed by atoms with E-state index in [2.05, 4.69) is 20.1 Å². The minimum atomic E-state index is -3.68. The van der Waals surface area contributed by atoms with Crippen LogP contribution in [0, 0.1) is 5.41 Å². The van der Waals surface area contributed by atoms with Crippen LogP contribution >= 0.6 is 8.09 Å². The maximum atomic E-state index is 12.7. The summed E-state index contributed by atoms with van der Waals surface area (Å²) in [5, 5.41) is 5.18. The zero-order valence-electron chi connectivity index (χ0n) is 18.0. The van der Waals surface area contributed by atoms with Crippen molar-refractivity contribution in [3.05, 3.63) is 30.1 Å². The zero-order valence-corrected chi connectivity index (χ0v) is 18.9. The molecule has 1 aliphatic heterocycles. The van der Waals surface area contributed by atoms with E-state index in [1.54, 1.807) is 38.4 Å². The average Bonchev–Trinajstić information content (AvgIpc) is 2.74. The second-order valence-electron chi connectivity index (χ2n) is 7.70. The highest BCUT2D eigenvalue weighted by Gasteiger charge is 2.58. The Kier molecular flexibility index (Phi) is 8.84. The summed E-state index contributed by atoms with van der Waals surface area (Å²) in [4.78, 5) is 50.7. The van der Waals surface area contributed by atoms with Crippen LogP contribution in [-0.2, 0) is 39.5 Å². The third kappa shape index (κ3) is 7.48. The zero-order chi connectivity index (χ0) is 23.1. The van der Waals surface area contributed by atoms with Crippen molar-refractivity contribution in [3.8, 4) is 0 Å². The highest BCUT2D eigenvalue weighted by Crippen LogP contribution is 2.60. The van der Waals surface area contributed by atoms with E-state index >= 15 is 0 Å². The fourth-order valence-corrected chi connectivity index (χ4v) is 4.65. The Labute approximate surface area is 181 Å². The van der Waals surface area contributed by atoms with E-state index in [-0.39, 0.29) is 26.2 Å². The highest BCUT2D eigenvalue weighted by atomic mass is 31.2. The van der Waals surface area contributed by atoms with Gasteiger partial charge in [0.15, 0.2) is 6.10 Å². The van der Waals surface area contributed by atoms with E-state index in [0.29, 0.717) is 0 Å². The van der Waals surface area contributed by atoms with Gasteiger partial charge in [0.05, 0.1) is 13.5 Å². The number of pyridine rings is 1. The number of hydrogen-bond donors (Lipinski definition) is 3. The lowest BCUT2D eigenvalue weighted by Crippen LogP contribution is -2.52. The van der Waals surface area contributed by atoms with E-state index in [0.717, 1.165) is 5.56 Å². The number of nitrogens with one attached hydrogen (secondary N) is 2. The van der Waals surface area contributed by atoms with Crippen molar-refractivity contribution in [1.82, 2.24) is 15.4 Å². The molecule has 1 aromatic heterocycles. The number of aromatic nitrogens is 1. The van der Waals surface area contributed by atoms with E-state index in [9.17, 15) is 19.3 Å². The third-order valence-electron chi connectivity index (χ3n) is 4.50. The molecule has 0 radical (unpaired) electrons.